The Bertz CT molecular complexity index is 1090. The second-order valence-corrected chi connectivity index (χ2v) is 7.29. The summed E-state index contributed by atoms with van der Waals surface area (Å²) in [6.07, 6.45) is -1.36. The molecular formula is C19H19F4N7O. The Balaban J connectivity index is 1.40. The summed E-state index contributed by atoms with van der Waals surface area (Å²) in [5.41, 5.74) is 0.450. The number of nitrogens with zero attached hydrogens (tertiary/aromatic N) is 5. The number of piperidine rings is 1. The molecular weight excluding hydrogens is 418 g/mol. The molecule has 1 fully saturated rings. The lowest BCUT2D eigenvalue weighted by molar-refractivity contribution is -0.137. The van der Waals surface area contributed by atoms with Crippen LogP contribution < -0.4 is 10.2 Å². The van der Waals surface area contributed by atoms with E-state index in [0.29, 0.717) is 18.6 Å². The Labute approximate surface area is 174 Å². The molecule has 0 saturated carbocycles. The van der Waals surface area contributed by atoms with Crippen LogP contribution in [0, 0.1) is 0 Å². The third-order valence-electron chi connectivity index (χ3n) is 5.29. The highest BCUT2D eigenvalue weighted by atomic mass is 19.4. The Kier molecular flexibility index (Phi) is 5.38. The number of rotatable bonds is 3. The van der Waals surface area contributed by atoms with Gasteiger partial charge >= 0.3 is 12.2 Å². The van der Waals surface area contributed by atoms with E-state index in [-0.39, 0.29) is 12.4 Å². The summed E-state index contributed by atoms with van der Waals surface area (Å²) in [5.74, 6) is -0.251. The number of carbonyl (C=O) groups is 1. The van der Waals surface area contributed by atoms with Gasteiger partial charge in [0.2, 0.25) is 0 Å². The van der Waals surface area contributed by atoms with Gasteiger partial charge in [0.25, 0.3) is 0 Å². The van der Waals surface area contributed by atoms with Crippen molar-refractivity contribution in [3.63, 3.8) is 0 Å². The molecule has 8 nitrogen and oxygen atoms in total. The van der Waals surface area contributed by atoms with E-state index >= 15 is 0 Å². The fourth-order valence-corrected chi connectivity index (χ4v) is 3.58. The maximum Gasteiger partial charge on any atom is 0.416 e. The number of halogens is 4. The largest absolute Gasteiger partial charge is 0.416 e. The highest BCUT2D eigenvalue weighted by Crippen LogP contribution is 2.30. The van der Waals surface area contributed by atoms with Gasteiger partial charge in [-0.3, -0.25) is 10.4 Å². The molecule has 1 saturated heterocycles. The number of fused-ring (bicyclic) bond motifs is 1. The number of nitrogens with one attached hydrogen (secondary N) is 2. The number of alkyl halides is 4. The molecule has 12 heteroatoms. The fourth-order valence-electron chi connectivity index (χ4n) is 3.58. The van der Waals surface area contributed by atoms with Gasteiger partial charge in [-0.05, 0) is 24.6 Å². The minimum Gasteiger partial charge on any atom is -0.367 e. The second kappa shape index (κ2) is 8.00. The van der Waals surface area contributed by atoms with Crippen molar-refractivity contribution in [3.05, 3.63) is 42.4 Å². The van der Waals surface area contributed by atoms with Crippen molar-refractivity contribution in [1.82, 2.24) is 25.1 Å². The molecule has 4 heterocycles. The minimum absolute atomic E-state index is 0.0507. The van der Waals surface area contributed by atoms with Crippen molar-refractivity contribution < 1.29 is 22.4 Å². The fraction of sp³-hybridized carbons (Fsp3) is 0.368. The predicted molar refractivity (Wildman–Crippen MR) is 105 cm³/mol. The van der Waals surface area contributed by atoms with Crippen molar-refractivity contribution in [3.8, 4) is 0 Å². The molecule has 0 bridgehead atoms. The van der Waals surface area contributed by atoms with E-state index in [1.165, 1.54) is 11.9 Å². The zero-order valence-electron chi connectivity index (χ0n) is 16.4. The Morgan fingerprint density at radius 1 is 1.29 bits per heavy atom. The summed E-state index contributed by atoms with van der Waals surface area (Å²) in [6.45, 7) is 0.532. The number of carbonyl (C=O) groups excluding carboxylic acids is 1. The summed E-state index contributed by atoms with van der Waals surface area (Å²) in [5, 5.41) is 9.78. The molecule has 31 heavy (non-hydrogen) atoms. The molecule has 0 aromatic carbocycles. The first-order chi connectivity index (χ1) is 14.7. The van der Waals surface area contributed by atoms with Crippen LogP contribution in [0.1, 0.15) is 12.0 Å². The summed E-state index contributed by atoms with van der Waals surface area (Å²) >= 11 is 0. The summed E-state index contributed by atoms with van der Waals surface area (Å²) in [7, 11) is 1.41. The first-order valence-electron chi connectivity index (χ1n) is 9.47. The highest BCUT2D eigenvalue weighted by molar-refractivity contribution is 5.88. The van der Waals surface area contributed by atoms with Crippen LogP contribution in [0.2, 0.25) is 0 Å². The summed E-state index contributed by atoms with van der Waals surface area (Å²) in [6, 6.07) is 1.94. The summed E-state index contributed by atoms with van der Waals surface area (Å²) in [4.78, 5) is 23.5. The van der Waals surface area contributed by atoms with Gasteiger partial charge in [-0.15, -0.1) is 0 Å². The standard InChI is InChI=1S/C19H19F4N7O/c1-29(18(31)27-16-7-12(2-4-24-16)19(21,22)23)15-3-5-30(10-14(15)20)13-6-11-8-26-28-17(11)25-9-13/h2,4,6-9,14-15H,3,5,10H2,1H3,(H,24,27,31)(H,25,26,28). The van der Waals surface area contributed by atoms with Crippen molar-refractivity contribution in [2.45, 2.75) is 24.8 Å². The van der Waals surface area contributed by atoms with Crippen molar-refractivity contribution in [1.29, 1.82) is 0 Å². The molecule has 2 amide bonds. The number of anilines is 2. The second-order valence-electron chi connectivity index (χ2n) is 7.29. The van der Waals surface area contributed by atoms with E-state index < -0.39 is 30.0 Å². The van der Waals surface area contributed by atoms with Crippen LogP contribution in [0.3, 0.4) is 0 Å². The SMILES string of the molecule is CN(C(=O)Nc1cc(C(F)(F)F)ccn1)C1CCN(c2cnc3[nH]ncc3c2)CC1F. The molecule has 3 aromatic heterocycles. The molecule has 3 aromatic rings. The maximum atomic E-state index is 14.9. The number of H-pyrrole nitrogens is 1. The molecule has 164 valence electrons. The maximum absolute atomic E-state index is 14.9. The molecule has 2 N–H and O–H groups in total. The van der Waals surface area contributed by atoms with Gasteiger partial charge < -0.3 is 9.80 Å². The highest BCUT2D eigenvalue weighted by Gasteiger charge is 2.35. The van der Waals surface area contributed by atoms with E-state index in [4.69, 9.17) is 0 Å². The van der Waals surface area contributed by atoms with Crippen LogP contribution in [0.15, 0.2) is 36.8 Å². The van der Waals surface area contributed by atoms with E-state index in [2.05, 4.69) is 25.5 Å². The van der Waals surface area contributed by atoms with Gasteiger partial charge in [0.05, 0.1) is 36.2 Å². The molecule has 0 radical (unpaired) electrons. The van der Waals surface area contributed by atoms with Crippen molar-refractivity contribution in [2.75, 3.05) is 30.4 Å². The molecule has 4 rings (SSSR count). The Morgan fingerprint density at radius 2 is 2.10 bits per heavy atom. The molecule has 0 aliphatic carbocycles. The quantitative estimate of drug-likeness (QED) is 0.613. The third kappa shape index (κ3) is 4.37. The lowest BCUT2D eigenvalue weighted by atomic mass is 10.0. The molecule has 2 unspecified atom stereocenters. The molecule has 0 spiro atoms. The van der Waals surface area contributed by atoms with Crippen LogP contribution in [-0.4, -0.2) is 63.4 Å². The lowest BCUT2D eigenvalue weighted by Crippen LogP contribution is -2.54. The molecule has 1 aliphatic rings. The van der Waals surface area contributed by atoms with Gasteiger partial charge in [0, 0.05) is 25.2 Å². The van der Waals surface area contributed by atoms with Crippen LogP contribution in [0.5, 0.6) is 0 Å². The number of aromatic nitrogens is 4. The van der Waals surface area contributed by atoms with E-state index in [0.717, 1.165) is 29.4 Å². The normalized spacial score (nSPS) is 19.5. The van der Waals surface area contributed by atoms with Gasteiger partial charge in [0.15, 0.2) is 5.65 Å². The number of urea groups is 1. The van der Waals surface area contributed by atoms with Gasteiger partial charge in [-0.1, -0.05) is 0 Å². The van der Waals surface area contributed by atoms with Gasteiger partial charge in [-0.25, -0.2) is 19.2 Å². The number of amides is 2. The van der Waals surface area contributed by atoms with Crippen LogP contribution >= 0.6 is 0 Å². The monoisotopic (exact) mass is 437 g/mol. The Morgan fingerprint density at radius 3 is 2.84 bits per heavy atom. The van der Waals surface area contributed by atoms with Crippen LogP contribution in [0.25, 0.3) is 11.0 Å². The molecule has 1 aliphatic heterocycles. The van der Waals surface area contributed by atoms with E-state index in [1.807, 2.05) is 11.0 Å². The Hall–Kier alpha value is -3.44. The van der Waals surface area contributed by atoms with Crippen LogP contribution in [0.4, 0.5) is 33.9 Å². The van der Waals surface area contributed by atoms with Crippen molar-refractivity contribution in [2.24, 2.45) is 0 Å². The summed E-state index contributed by atoms with van der Waals surface area (Å²) < 4.78 is 53.4. The average Bonchev–Trinajstić information content (AvgIpc) is 3.20. The average molecular weight is 437 g/mol. The van der Waals surface area contributed by atoms with Crippen LogP contribution in [-0.2, 0) is 6.18 Å². The zero-order chi connectivity index (χ0) is 22.2. The van der Waals surface area contributed by atoms with Gasteiger partial charge in [0.1, 0.15) is 12.0 Å². The first-order valence-corrected chi connectivity index (χ1v) is 9.47. The minimum atomic E-state index is -4.56. The topological polar surface area (TPSA) is 90.0 Å². The predicted octanol–water partition coefficient (Wildman–Crippen LogP) is 3.45. The van der Waals surface area contributed by atoms with E-state index in [9.17, 15) is 22.4 Å². The molecule has 2 atom stereocenters. The zero-order valence-corrected chi connectivity index (χ0v) is 16.4. The lowest BCUT2D eigenvalue weighted by Gasteiger charge is -2.39. The number of pyridine rings is 2. The smallest absolute Gasteiger partial charge is 0.367 e. The number of hydrogen-bond donors (Lipinski definition) is 2. The third-order valence-corrected chi connectivity index (χ3v) is 5.29. The number of aromatic amines is 1. The first kappa shape index (κ1) is 20.8. The van der Waals surface area contributed by atoms with Crippen molar-refractivity contribution >= 4 is 28.6 Å². The van der Waals surface area contributed by atoms with Gasteiger partial charge in [-0.2, -0.15) is 18.3 Å². The number of hydrogen-bond acceptors (Lipinski definition) is 5. The van der Waals surface area contributed by atoms with E-state index in [1.54, 1.807) is 12.4 Å².